The van der Waals surface area contributed by atoms with Crippen molar-refractivity contribution in [1.82, 2.24) is 15.2 Å². The van der Waals surface area contributed by atoms with Gasteiger partial charge in [-0.25, -0.2) is 0 Å². The molecule has 1 atom stereocenters. The van der Waals surface area contributed by atoms with Crippen LogP contribution in [0.5, 0.6) is 0 Å². The molecule has 3 nitrogen and oxygen atoms in total. The van der Waals surface area contributed by atoms with Crippen molar-refractivity contribution in [3.63, 3.8) is 0 Å². The molecule has 1 aromatic rings. The molecule has 84 valence electrons. The van der Waals surface area contributed by atoms with E-state index >= 15 is 0 Å². The standard InChI is InChI=1S/C11H19N3S/c1-14(8-11-6-13-9-15-11)7-10-3-2-4-12-5-10/h6,9-10,12H,2-5,7-8H2,1H3/t10-/m1/s1. The summed E-state index contributed by atoms with van der Waals surface area (Å²) in [4.78, 5) is 7.87. The van der Waals surface area contributed by atoms with Gasteiger partial charge in [0.15, 0.2) is 0 Å². The van der Waals surface area contributed by atoms with Gasteiger partial charge in [0, 0.05) is 24.2 Å². The second-order valence-corrected chi connectivity index (χ2v) is 5.35. The first-order chi connectivity index (χ1) is 7.34. The molecule has 1 N–H and O–H groups in total. The van der Waals surface area contributed by atoms with Gasteiger partial charge in [0.2, 0.25) is 0 Å². The third-order valence-electron chi connectivity index (χ3n) is 2.88. The van der Waals surface area contributed by atoms with Gasteiger partial charge < -0.3 is 10.2 Å². The molecule has 0 aliphatic carbocycles. The predicted octanol–water partition coefficient (Wildman–Crippen LogP) is 1.57. The summed E-state index contributed by atoms with van der Waals surface area (Å²) in [6.45, 7) is 4.63. The quantitative estimate of drug-likeness (QED) is 0.843. The maximum absolute atomic E-state index is 4.10. The Balaban J connectivity index is 1.74. The molecule has 0 bridgehead atoms. The number of rotatable bonds is 4. The van der Waals surface area contributed by atoms with Crippen LogP contribution in [0.1, 0.15) is 17.7 Å². The first kappa shape index (κ1) is 11.0. The van der Waals surface area contributed by atoms with Crippen LogP contribution in [-0.4, -0.2) is 36.6 Å². The molecule has 2 rings (SSSR count). The maximum atomic E-state index is 4.10. The Labute approximate surface area is 95.5 Å². The molecule has 0 amide bonds. The summed E-state index contributed by atoms with van der Waals surface area (Å²) in [5.74, 6) is 0.830. The minimum absolute atomic E-state index is 0.830. The highest BCUT2D eigenvalue weighted by atomic mass is 32.1. The molecule has 4 heteroatoms. The van der Waals surface area contributed by atoms with Crippen molar-refractivity contribution in [2.24, 2.45) is 5.92 Å². The minimum atomic E-state index is 0.830. The zero-order valence-corrected chi connectivity index (χ0v) is 10.1. The lowest BCUT2D eigenvalue weighted by atomic mass is 9.99. The molecule has 1 aliphatic rings. The van der Waals surface area contributed by atoms with Crippen LogP contribution in [0.2, 0.25) is 0 Å². The van der Waals surface area contributed by atoms with E-state index in [0.29, 0.717) is 0 Å². The van der Waals surface area contributed by atoms with Crippen molar-refractivity contribution < 1.29 is 0 Å². The van der Waals surface area contributed by atoms with E-state index in [0.717, 1.165) is 12.5 Å². The zero-order chi connectivity index (χ0) is 10.5. The Hall–Kier alpha value is -0.450. The SMILES string of the molecule is CN(Cc1cncs1)C[C@@H]1CCCNC1. The molecule has 1 saturated heterocycles. The zero-order valence-electron chi connectivity index (χ0n) is 9.28. The largest absolute Gasteiger partial charge is 0.316 e. The van der Waals surface area contributed by atoms with Crippen molar-refractivity contribution in [2.75, 3.05) is 26.7 Å². The Morgan fingerprint density at radius 2 is 2.60 bits per heavy atom. The number of nitrogens with one attached hydrogen (secondary N) is 1. The monoisotopic (exact) mass is 225 g/mol. The summed E-state index contributed by atoms with van der Waals surface area (Å²) in [7, 11) is 2.20. The molecular formula is C11H19N3S. The number of piperidine rings is 1. The van der Waals surface area contributed by atoms with Gasteiger partial charge in [0.05, 0.1) is 5.51 Å². The van der Waals surface area contributed by atoms with Crippen LogP contribution in [0.15, 0.2) is 11.7 Å². The fourth-order valence-corrected chi connectivity index (χ4v) is 2.85. The Bertz CT molecular complexity index is 267. The molecule has 0 radical (unpaired) electrons. The van der Waals surface area contributed by atoms with Gasteiger partial charge in [-0.05, 0) is 38.9 Å². The topological polar surface area (TPSA) is 28.2 Å². The first-order valence-electron chi connectivity index (χ1n) is 5.61. The molecule has 0 spiro atoms. The summed E-state index contributed by atoms with van der Waals surface area (Å²) < 4.78 is 0. The third kappa shape index (κ3) is 3.55. The molecule has 1 aromatic heterocycles. The van der Waals surface area contributed by atoms with Gasteiger partial charge in [-0.2, -0.15) is 0 Å². The van der Waals surface area contributed by atoms with Crippen molar-refractivity contribution in [1.29, 1.82) is 0 Å². The number of hydrogen-bond acceptors (Lipinski definition) is 4. The third-order valence-corrected chi connectivity index (χ3v) is 3.64. The van der Waals surface area contributed by atoms with Crippen LogP contribution in [0.25, 0.3) is 0 Å². The second-order valence-electron chi connectivity index (χ2n) is 4.38. The van der Waals surface area contributed by atoms with E-state index in [1.54, 1.807) is 11.3 Å². The summed E-state index contributed by atoms with van der Waals surface area (Å²) in [6, 6.07) is 0. The van der Waals surface area contributed by atoms with Crippen molar-refractivity contribution >= 4 is 11.3 Å². The highest BCUT2D eigenvalue weighted by Gasteiger charge is 2.15. The number of aromatic nitrogens is 1. The van der Waals surface area contributed by atoms with Crippen LogP contribution in [0.3, 0.4) is 0 Å². The van der Waals surface area contributed by atoms with Crippen molar-refractivity contribution in [3.8, 4) is 0 Å². The summed E-state index contributed by atoms with van der Waals surface area (Å²) in [5.41, 5.74) is 1.91. The van der Waals surface area contributed by atoms with Crippen molar-refractivity contribution in [2.45, 2.75) is 19.4 Å². The highest BCUT2D eigenvalue weighted by Crippen LogP contribution is 2.14. The Morgan fingerprint density at radius 3 is 3.27 bits per heavy atom. The number of hydrogen-bond donors (Lipinski definition) is 1. The van der Waals surface area contributed by atoms with Crippen LogP contribution < -0.4 is 5.32 Å². The van der Waals surface area contributed by atoms with Crippen LogP contribution in [-0.2, 0) is 6.54 Å². The summed E-state index contributed by atoms with van der Waals surface area (Å²) >= 11 is 1.74. The molecule has 0 unspecified atom stereocenters. The lowest BCUT2D eigenvalue weighted by Crippen LogP contribution is -2.36. The molecule has 1 fully saturated rings. The molecule has 0 aromatic carbocycles. The molecular weight excluding hydrogens is 206 g/mol. The Morgan fingerprint density at radius 1 is 1.67 bits per heavy atom. The normalized spacial score (nSPS) is 22.1. The highest BCUT2D eigenvalue weighted by molar-refractivity contribution is 7.09. The van der Waals surface area contributed by atoms with Gasteiger partial charge >= 0.3 is 0 Å². The van der Waals surface area contributed by atoms with E-state index in [2.05, 4.69) is 22.2 Å². The van der Waals surface area contributed by atoms with Crippen LogP contribution >= 0.6 is 11.3 Å². The molecule has 15 heavy (non-hydrogen) atoms. The average Bonchev–Trinajstić information content (AvgIpc) is 2.71. The fraction of sp³-hybridized carbons (Fsp3) is 0.727. The predicted molar refractivity (Wildman–Crippen MR) is 64.0 cm³/mol. The fourth-order valence-electron chi connectivity index (χ4n) is 2.17. The van der Waals surface area contributed by atoms with Crippen LogP contribution in [0, 0.1) is 5.92 Å². The number of nitrogens with zero attached hydrogens (tertiary/aromatic N) is 2. The lowest BCUT2D eigenvalue weighted by molar-refractivity contribution is 0.239. The van der Waals surface area contributed by atoms with Gasteiger partial charge in [-0.15, -0.1) is 11.3 Å². The smallest absolute Gasteiger partial charge is 0.0794 e. The van der Waals surface area contributed by atoms with Gasteiger partial charge in [-0.3, -0.25) is 4.98 Å². The first-order valence-corrected chi connectivity index (χ1v) is 6.49. The van der Waals surface area contributed by atoms with Crippen molar-refractivity contribution in [3.05, 3.63) is 16.6 Å². The number of thiazole rings is 1. The second kappa shape index (κ2) is 5.58. The van der Waals surface area contributed by atoms with E-state index in [1.165, 1.54) is 37.4 Å². The summed E-state index contributed by atoms with van der Waals surface area (Å²) in [6.07, 6.45) is 4.68. The van der Waals surface area contributed by atoms with Gasteiger partial charge in [0.25, 0.3) is 0 Å². The van der Waals surface area contributed by atoms with Gasteiger partial charge in [0.1, 0.15) is 0 Å². The minimum Gasteiger partial charge on any atom is -0.316 e. The van der Waals surface area contributed by atoms with E-state index in [1.807, 2.05) is 11.7 Å². The molecule has 2 heterocycles. The molecule has 1 aliphatic heterocycles. The molecule has 0 saturated carbocycles. The maximum Gasteiger partial charge on any atom is 0.0794 e. The van der Waals surface area contributed by atoms with Crippen LogP contribution in [0.4, 0.5) is 0 Å². The summed E-state index contributed by atoms with van der Waals surface area (Å²) in [5, 5.41) is 3.46. The lowest BCUT2D eigenvalue weighted by Gasteiger charge is -2.27. The average molecular weight is 225 g/mol. The van der Waals surface area contributed by atoms with E-state index in [9.17, 15) is 0 Å². The van der Waals surface area contributed by atoms with E-state index in [4.69, 9.17) is 0 Å². The van der Waals surface area contributed by atoms with Gasteiger partial charge in [-0.1, -0.05) is 0 Å². The Kier molecular flexibility index (Phi) is 4.11. The van der Waals surface area contributed by atoms with E-state index < -0.39 is 0 Å². The van der Waals surface area contributed by atoms with E-state index in [-0.39, 0.29) is 0 Å².